The third-order valence-corrected chi connectivity index (χ3v) is 5.35. The van der Waals surface area contributed by atoms with Crippen LogP contribution in [0.1, 0.15) is 34.5 Å². The van der Waals surface area contributed by atoms with Crippen LogP contribution in [-0.4, -0.2) is 43.4 Å². The molecular formula is C22H23ClF3N7O2. The van der Waals surface area contributed by atoms with Gasteiger partial charge in [-0.3, -0.25) is 14.8 Å². The van der Waals surface area contributed by atoms with Crippen LogP contribution in [-0.2, 0) is 19.8 Å². The standard InChI is InChI=1S/C22H23ClF3N7O2/c1-3-9-33-12-15(18(31-33)22(24,25)26)17-11-29-19(32(17)2)21(35)30-13-5-6-14(16(23)10-13)20(34)28-8-4-7-27/h1,5-6,10-12,20,28,34H,4,7-9,27H2,2H3,(H,30,35). The molecule has 5 N–H and O–H groups in total. The van der Waals surface area contributed by atoms with E-state index in [4.69, 9.17) is 23.8 Å². The second kappa shape index (κ2) is 10.9. The lowest BCUT2D eigenvalue weighted by Gasteiger charge is -2.15. The van der Waals surface area contributed by atoms with Crippen molar-refractivity contribution in [2.75, 3.05) is 18.4 Å². The Kier molecular flexibility index (Phi) is 8.18. The Labute approximate surface area is 204 Å². The van der Waals surface area contributed by atoms with Gasteiger partial charge in [0.2, 0.25) is 0 Å². The number of nitrogens with two attached hydrogens (primary N) is 1. The second-order valence-electron chi connectivity index (χ2n) is 7.51. The number of imidazole rings is 1. The maximum atomic E-state index is 13.5. The molecule has 0 fully saturated rings. The van der Waals surface area contributed by atoms with Crippen LogP contribution < -0.4 is 16.4 Å². The fourth-order valence-electron chi connectivity index (χ4n) is 3.33. The molecule has 0 bridgehead atoms. The molecule has 0 saturated heterocycles. The smallest absolute Gasteiger partial charge is 0.374 e. The first-order valence-electron chi connectivity index (χ1n) is 10.4. The summed E-state index contributed by atoms with van der Waals surface area (Å²) in [5.41, 5.74) is 4.78. The van der Waals surface area contributed by atoms with Gasteiger partial charge in [-0.1, -0.05) is 23.6 Å². The monoisotopic (exact) mass is 509 g/mol. The summed E-state index contributed by atoms with van der Waals surface area (Å²) in [7, 11) is 1.41. The molecule has 0 spiro atoms. The van der Waals surface area contributed by atoms with Gasteiger partial charge >= 0.3 is 6.18 Å². The summed E-state index contributed by atoms with van der Waals surface area (Å²) in [6.45, 7) is 0.812. The molecule has 0 aliphatic heterocycles. The van der Waals surface area contributed by atoms with Gasteiger partial charge in [-0.15, -0.1) is 6.42 Å². The van der Waals surface area contributed by atoms with Gasteiger partial charge in [0.05, 0.1) is 17.5 Å². The Morgan fingerprint density at radius 2 is 2.14 bits per heavy atom. The first-order valence-corrected chi connectivity index (χ1v) is 10.8. The van der Waals surface area contributed by atoms with Crippen molar-refractivity contribution < 1.29 is 23.1 Å². The van der Waals surface area contributed by atoms with E-state index in [1.807, 2.05) is 0 Å². The van der Waals surface area contributed by atoms with Gasteiger partial charge in [-0.25, -0.2) is 4.98 Å². The fourth-order valence-corrected chi connectivity index (χ4v) is 3.61. The van der Waals surface area contributed by atoms with Crippen LogP contribution in [0.4, 0.5) is 18.9 Å². The van der Waals surface area contributed by atoms with Crippen LogP contribution in [0.15, 0.2) is 30.6 Å². The molecule has 1 aromatic carbocycles. The maximum absolute atomic E-state index is 13.5. The minimum absolute atomic E-state index is 0.0332. The van der Waals surface area contributed by atoms with Crippen molar-refractivity contribution in [3.63, 3.8) is 0 Å². The van der Waals surface area contributed by atoms with E-state index in [0.717, 1.165) is 17.1 Å². The average Bonchev–Trinajstić information content (AvgIpc) is 3.37. The third kappa shape index (κ3) is 6.01. The van der Waals surface area contributed by atoms with E-state index in [9.17, 15) is 23.1 Å². The Morgan fingerprint density at radius 3 is 2.77 bits per heavy atom. The summed E-state index contributed by atoms with van der Waals surface area (Å²) in [5.74, 6) is 1.42. The van der Waals surface area contributed by atoms with Crippen molar-refractivity contribution in [1.82, 2.24) is 24.6 Å². The summed E-state index contributed by atoms with van der Waals surface area (Å²) in [5, 5.41) is 19.4. The number of benzene rings is 1. The zero-order valence-corrected chi connectivity index (χ0v) is 19.4. The number of halogens is 4. The second-order valence-corrected chi connectivity index (χ2v) is 7.91. The number of nitrogens with zero attached hydrogens (tertiary/aromatic N) is 4. The molecule has 1 unspecified atom stereocenters. The van der Waals surface area contributed by atoms with Crippen LogP contribution in [0.2, 0.25) is 5.02 Å². The van der Waals surface area contributed by atoms with E-state index < -0.39 is 24.0 Å². The molecule has 3 aromatic rings. The quantitative estimate of drug-likeness (QED) is 0.200. The van der Waals surface area contributed by atoms with E-state index in [1.165, 1.54) is 29.8 Å². The van der Waals surface area contributed by atoms with Crippen LogP contribution in [0, 0.1) is 12.3 Å². The topological polar surface area (TPSA) is 123 Å². The van der Waals surface area contributed by atoms with Gasteiger partial charge in [0.1, 0.15) is 12.8 Å². The Bertz CT molecular complexity index is 1250. The lowest BCUT2D eigenvalue weighted by molar-refractivity contribution is -0.141. The Balaban J connectivity index is 1.82. The van der Waals surface area contributed by atoms with Gasteiger partial charge < -0.3 is 20.7 Å². The van der Waals surface area contributed by atoms with Gasteiger partial charge in [0.25, 0.3) is 5.91 Å². The largest absolute Gasteiger partial charge is 0.435 e. The number of aromatic nitrogens is 4. The molecule has 0 radical (unpaired) electrons. The number of anilines is 1. The summed E-state index contributed by atoms with van der Waals surface area (Å²) in [4.78, 5) is 16.8. The normalized spacial score (nSPS) is 12.4. The molecular weight excluding hydrogens is 487 g/mol. The van der Waals surface area contributed by atoms with E-state index >= 15 is 0 Å². The number of hydrogen-bond acceptors (Lipinski definition) is 6. The molecule has 2 heterocycles. The minimum Gasteiger partial charge on any atom is -0.374 e. The lowest BCUT2D eigenvalue weighted by atomic mass is 10.1. The van der Waals surface area contributed by atoms with Gasteiger partial charge in [0.15, 0.2) is 11.5 Å². The molecule has 9 nitrogen and oxygen atoms in total. The number of carbonyl (C=O) groups excluding carboxylic acids is 1. The number of alkyl halides is 3. The highest BCUT2D eigenvalue weighted by molar-refractivity contribution is 6.31. The molecule has 0 aliphatic rings. The number of aliphatic hydroxyl groups excluding tert-OH is 1. The number of aliphatic hydroxyl groups is 1. The van der Waals surface area contributed by atoms with Crippen LogP contribution in [0.3, 0.4) is 0 Å². The van der Waals surface area contributed by atoms with Crippen LogP contribution in [0.25, 0.3) is 11.3 Å². The molecule has 1 amide bonds. The minimum atomic E-state index is -4.73. The number of nitrogens with one attached hydrogen (secondary N) is 2. The molecule has 186 valence electrons. The molecule has 2 aromatic heterocycles. The first kappa shape index (κ1) is 26.2. The summed E-state index contributed by atoms with van der Waals surface area (Å²) in [6.07, 6.45) is 2.42. The van der Waals surface area contributed by atoms with Crippen molar-refractivity contribution >= 4 is 23.2 Å². The van der Waals surface area contributed by atoms with Crippen molar-refractivity contribution in [2.45, 2.75) is 25.4 Å². The van der Waals surface area contributed by atoms with Crippen molar-refractivity contribution in [1.29, 1.82) is 0 Å². The molecule has 35 heavy (non-hydrogen) atoms. The van der Waals surface area contributed by atoms with Gasteiger partial charge in [-0.2, -0.15) is 18.3 Å². The number of amides is 1. The number of terminal acetylenes is 1. The Hall–Kier alpha value is -3.37. The van der Waals surface area contributed by atoms with Crippen molar-refractivity contribution in [2.24, 2.45) is 12.8 Å². The van der Waals surface area contributed by atoms with Crippen LogP contribution >= 0.6 is 11.6 Å². The first-order chi connectivity index (χ1) is 16.6. The van der Waals surface area contributed by atoms with E-state index in [-0.39, 0.29) is 28.6 Å². The summed E-state index contributed by atoms with van der Waals surface area (Å²) < 4.78 is 42.7. The Morgan fingerprint density at radius 1 is 1.40 bits per heavy atom. The molecule has 0 aliphatic carbocycles. The zero-order chi connectivity index (χ0) is 25.8. The molecule has 0 saturated carbocycles. The highest BCUT2D eigenvalue weighted by Crippen LogP contribution is 2.36. The van der Waals surface area contributed by atoms with E-state index in [1.54, 1.807) is 0 Å². The number of rotatable bonds is 9. The third-order valence-electron chi connectivity index (χ3n) is 5.02. The summed E-state index contributed by atoms with van der Waals surface area (Å²) in [6, 6.07) is 4.51. The SMILES string of the molecule is C#CCn1cc(-c2cnc(C(=O)Nc3ccc(C(O)NCCCN)c(Cl)c3)n2C)c(C(F)(F)F)n1. The molecule has 13 heteroatoms. The van der Waals surface area contributed by atoms with E-state index in [2.05, 4.69) is 26.6 Å². The van der Waals surface area contributed by atoms with Gasteiger partial charge in [-0.05, 0) is 31.6 Å². The highest BCUT2D eigenvalue weighted by atomic mass is 35.5. The zero-order valence-electron chi connectivity index (χ0n) is 18.6. The lowest BCUT2D eigenvalue weighted by Crippen LogP contribution is -2.24. The van der Waals surface area contributed by atoms with Crippen molar-refractivity contribution in [3.05, 3.63) is 52.7 Å². The predicted octanol–water partition coefficient (Wildman–Crippen LogP) is 2.77. The number of carbonyl (C=O) groups is 1. The highest BCUT2D eigenvalue weighted by Gasteiger charge is 2.38. The number of hydrogen-bond donors (Lipinski definition) is 4. The van der Waals surface area contributed by atoms with Crippen molar-refractivity contribution in [3.8, 4) is 23.6 Å². The predicted molar refractivity (Wildman–Crippen MR) is 124 cm³/mol. The molecule has 3 rings (SSSR count). The van der Waals surface area contributed by atoms with E-state index in [0.29, 0.717) is 30.8 Å². The maximum Gasteiger partial charge on any atom is 0.435 e. The van der Waals surface area contributed by atoms with Gasteiger partial charge in [0, 0.05) is 29.5 Å². The molecule has 1 atom stereocenters. The van der Waals surface area contributed by atoms with Crippen LogP contribution in [0.5, 0.6) is 0 Å². The fraction of sp³-hybridized carbons (Fsp3) is 0.318. The summed E-state index contributed by atoms with van der Waals surface area (Å²) >= 11 is 6.24. The average molecular weight is 510 g/mol.